The molecule has 0 aliphatic heterocycles. The number of hydrogen-bond acceptors (Lipinski definition) is 1. The maximum absolute atomic E-state index is 5.30. The van der Waals surface area contributed by atoms with E-state index in [1.165, 1.54) is 0 Å². The van der Waals surface area contributed by atoms with Crippen LogP contribution in [0.2, 0.25) is 17.3 Å². The topological polar surface area (TPSA) is 9.23 Å². The van der Waals surface area contributed by atoms with Crippen molar-refractivity contribution in [2.75, 3.05) is 6.61 Å². The first-order valence-electron chi connectivity index (χ1n) is 3.30. The second kappa shape index (κ2) is 3.30. The Hall–Kier alpha value is 0.0829. The molecule has 0 atom stereocenters. The van der Waals surface area contributed by atoms with Gasteiger partial charge < -0.3 is 0 Å². The van der Waals surface area contributed by atoms with Crippen LogP contribution in [-0.4, -0.2) is 19.9 Å². The van der Waals surface area contributed by atoms with E-state index in [-0.39, 0.29) is 0 Å². The summed E-state index contributed by atoms with van der Waals surface area (Å²) < 4.78 is 6.35. The van der Waals surface area contributed by atoms with E-state index in [1.807, 2.05) is 6.92 Å². The molecule has 0 aliphatic carbocycles. The Bertz CT molecular complexity index is 102. The summed E-state index contributed by atoms with van der Waals surface area (Å²) in [6.07, 6.45) is 0. The molecule has 0 spiro atoms. The molecule has 0 fully saturated rings. The molecule has 0 rings (SSSR count). The fourth-order valence-electron chi connectivity index (χ4n) is 0.391. The van der Waals surface area contributed by atoms with Crippen molar-refractivity contribution < 1.29 is 4.74 Å². The molecule has 0 saturated carbocycles. The normalized spacial score (nSPS) is 11.1. The van der Waals surface area contributed by atoms with Crippen LogP contribution in [0.25, 0.3) is 0 Å². The van der Waals surface area contributed by atoms with Crippen LogP contribution in [0.15, 0.2) is 11.2 Å². The number of rotatable bonds is 3. The minimum absolute atomic E-state index is 0.765. The van der Waals surface area contributed by atoms with Crippen LogP contribution in [0.3, 0.4) is 0 Å². The van der Waals surface area contributed by atoms with Gasteiger partial charge in [0.15, 0.2) is 0 Å². The van der Waals surface area contributed by atoms with Crippen molar-refractivity contribution in [1.29, 1.82) is 0 Å². The fraction of sp³-hybridized carbons (Fsp3) is 0.714. The van der Waals surface area contributed by atoms with Gasteiger partial charge in [0.05, 0.1) is 0 Å². The van der Waals surface area contributed by atoms with E-state index in [4.69, 9.17) is 4.74 Å². The predicted molar refractivity (Wildman–Crippen MR) is 44.1 cm³/mol. The first-order chi connectivity index (χ1) is 3.98. The Morgan fingerprint density at radius 1 is 1.44 bits per heavy atom. The summed E-state index contributed by atoms with van der Waals surface area (Å²) in [5.41, 5.74) is 0. The summed E-state index contributed by atoms with van der Waals surface area (Å²) in [5.74, 6) is 6.83. The van der Waals surface area contributed by atoms with Gasteiger partial charge in [-0.3, -0.25) is 0 Å². The molecule has 9 heavy (non-hydrogen) atoms. The average Bonchev–Trinajstić information content (AvgIpc) is 1.64. The molecule has 0 bridgehead atoms. The Balaban J connectivity index is 3.74. The van der Waals surface area contributed by atoms with Gasteiger partial charge in [0.1, 0.15) is 0 Å². The summed E-state index contributed by atoms with van der Waals surface area (Å²) in [7, 11) is 0. The number of ether oxygens (including phenoxy) is 1. The zero-order chi connectivity index (χ0) is 7.49. The summed E-state index contributed by atoms with van der Waals surface area (Å²) >= 11 is -1.65. The SMILES string of the molecule is C=[C](OCC)[Ge]([CH3])([CH3])[CH3]. The van der Waals surface area contributed by atoms with Gasteiger partial charge >= 0.3 is 60.0 Å². The Morgan fingerprint density at radius 2 is 1.89 bits per heavy atom. The van der Waals surface area contributed by atoms with Crippen molar-refractivity contribution >= 4 is 13.3 Å². The summed E-state index contributed by atoms with van der Waals surface area (Å²) in [5, 5.41) is 0. The molecule has 0 aromatic rings. The predicted octanol–water partition coefficient (Wildman–Crippen LogP) is 2.41. The molecule has 0 unspecified atom stereocenters. The third-order valence-electron chi connectivity index (χ3n) is 1.16. The van der Waals surface area contributed by atoms with Crippen molar-refractivity contribution in [2.24, 2.45) is 0 Å². The molecule has 0 saturated heterocycles. The van der Waals surface area contributed by atoms with Gasteiger partial charge in [-0.05, 0) is 0 Å². The quantitative estimate of drug-likeness (QED) is 0.489. The van der Waals surface area contributed by atoms with Crippen molar-refractivity contribution in [3.8, 4) is 0 Å². The summed E-state index contributed by atoms with van der Waals surface area (Å²) in [4.78, 5) is 0. The van der Waals surface area contributed by atoms with Crippen LogP contribution in [0.4, 0.5) is 0 Å². The third kappa shape index (κ3) is 3.63. The third-order valence-corrected chi connectivity index (χ3v) is 4.97. The van der Waals surface area contributed by atoms with Gasteiger partial charge in [-0.15, -0.1) is 0 Å². The zero-order valence-corrected chi connectivity index (χ0v) is 8.92. The van der Waals surface area contributed by atoms with Gasteiger partial charge in [-0.25, -0.2) is 0 Å². The van der Waals surface area contributed by atoms with Crippen LogP contribution < -0.4 is 0 Å². The van der Waals surface area contributed by atoms with Gasteiger partial charge in [0, 0.05) is 0 Å². The van der Waals surface area contributed by atoms with E-state index in [0.717, 1.165) is 11.2 Å². The second-order valence-corrected chi connectivity index (χ2v) is 13.7. The average molecular weight is 189 g/mol. The van der Waals surface area contributed by atoms with Gasteiger partial charge in [0.2, 0.25) is 0 Å². The van der Waals surface area contributed by atoms with Crippen LogP contribution >= 0.6 is 0 Å². The van der Waals surface area contributed by atoms with Crippen molar-refractivity contribution in [2.45, 2.75) is 24.2 Å². The van der Waals surface area contributed by atoms with Crippen molar-refractivity contribution in [3.63, 3.8) is 0 Å². The Morgan fingerprint density at radius 3 is 2.00 bits per heavy atom. The Kier molecular flexibility index (Phi) is 3.33. The standard InChI is InChI=1S/C7H16GeO/c1-6-9-7(2)8(3,4)5/h2,6H2,1,3-5H3. The van der Waals surface area contributed by atoms with E-state index < -0.39 is 13.3 Å². The van der Waals surface area contributed by atoms with E-state index in [0.29, 0.717) is 0 Å². The van der Waals surface area contributed by atoms with E-state index in [2.05, 4.69) is 23.8 Å². The molecule has 0 amide bonds. The van der Waals surface area contributed by atoms with E-state index >= 15 is 0 Å². The van der Waals surface area contributed by atoms with Crippen LogP contribution in [0.1, 0.15) is 6.92 Å². The molecular formula is C7H16GeO. The van der Waals surface area contributed by atoms with Crippen LogP contribution in [0, 0.1) is 0 Å². The first-order valence-corrected chi connectivity index (χ1v) is 10.6. The molecule has 54 valence electrons. The van der Waals surface area contributed by atoms with Crippen molar-refractivity contribution in [3.05, 3.63) is 11.2 Å². The monoisotopic (exact) mass is 190 g/mol. The Labute approximate surface area is 60.5 Å². The van der Waals surface area contributed by atoms with Crippen molar-refractivity contribution in [1.82, 2.24) is 0 Å². The second-order valence-electron chi connectivity index (χ2n) is 3.11. The van der Waals surface area contributed by atoms with Crippen LogP contribution in [-0.2, 0) is 4.74 Å². The summed E-state index contributed by atoms with van der Waals surface area (Å²) in [6.45, 7) is 6.64. The van der Waals surface area contributed by atoms with Gasteiger partial charge in [0.25, 0.3) is 0 Å². The molecule has 2 heteroatoms. The zero-order valence-electron chi connectivity index (χ0n) is 6.82. The molecule has 0 N–H and O–H groups in total. The molecule has 1 nitrogen and oxygen atoms in total. The van der Waals surface area contributed by atoms with Crippen LogP contribution in [0.5, 0.6) is 0 Å². The van der Waals surface area contributed by atoms with E-state index in [1.54, 1.807) is 0 Å². The minimum atomic E-state index is -1.65. The van der Waals surface area contributed by atoms with Gasteiger partial charge in [-0.1, -0.05) is 0 Å². The van der Waals surface area contributed by atoms with Gasteiger partial charge in [-0.2, -0.15) is 0 Å². The molecule has 0 radical (unpaired) electrons. The molecule has 0 aromatic heterocycles. The van der Waals surface area contributed by atoms with E-state index in [9.17, 15) is 0 Å². The molecular weight excluding hydrogens is 173 g/mol. The first kappa shape index (κ1) is 9.08. The summed E-state index contributed by atoms with van der Waals surface area (Å²) in [6, 6.07) is 0. The molecule has 0 aromatic carbocycles. The maximum atomic E-state index is 5.30. The molecule has 0 aliphatic rings. The fourth-order valence-corrected chi connectivity index (χ4v) is 1.60. The number of hydrogen-bond donors (Lipinski definition) is 0. The molecule has 0 heterocycles.